The zero-order valence-corrected chi connectivity index (χ0v) is 11.3. The fourth-order valence-electron chi connectivity index (χ4n) is 1.36. The van der Waals surface area contributed by atoms with Crippen LogP contribution in [0, 0.1) is 0 Å². The highest BCUT2D eigenvalue weighted by Gasteiger charge is 2.09. The van der Waals surface area contributed by atoms with Gasteiger partial charge < -0.3 is 15.2 Å². The summed E-state index contributed by atoms with van der Waals surface area (Å²) >= 11 is 1.11. The van der Waals surface area contributed by atoms with Crippen LogP contribution in [-0.2, 0) is 6.54 Å². The fraction of sp³-hybridized carbons (Fsp3) is 0.273. The van der Waals surface area contributed by atoms with E-state index in [1.807, 2.05) is 0 Å². The summed E-state index contributed by atoms with van der Waals surface area (Å²) in [4.78, 5) is 26.6. The first kappa shape index (κ1) is 13.2. The Morgan fingerprint density at radius 1 is 1.42 bits per heavy atom. The fourth-order valence-corrected chi connectivity index (χ4v) is 1.94. The number of carbonyl (C=O) groups excluding carboxylic acids is 1. The topological polar surface area (TPSA) is 91.0 Å². The maximum atomic E-state index is 11.6. The minimum atomic E-state index is -0.193. The van der Waals surface area contributed by atoms with Crippen LogP contribution in [0.25, 0.3) is 0 Å². The Labute approximate surface area is 113 Å². The third-order valence-electron chi connectivity index (χ3n) is 2.32. The summed E-state index contributed by atoms with van der Waals surface area (Å²) in [7, 11) is 3.31. The van der Waals surface area contributed by atoms with Crippen LogP contribution in [-0.4, -0.2) is 40.1 Å². The predicted molar refractivity (Wildman–Crippen MR) is 72.3 cm³/mol. The molecule has 0 spiro atoms. The van der Waals surface area contributed by atoms with Gasteiger partial charge in [0.1, 0.15) is 5.82 Å². The van der Waals surface area contributed by atoms with Gasteiger partial charge in [0.15, 0.2) is 5.69 Å². The average Bonchev–Trinajstić information content (AvgIpc) is 2.82. The molecule has 2 aromatic heterocycles. The Kier molecular flexibility index (Phi) is 3.91. The smallest absolute Gasteiger partial charge is 0.304 e. The van der Waals surface area contributed by atoms with Gasteiger partial charge in [0, 0.05) is 25.2 Å². The average molecular weight is 279 g/mol. The van der Waals surface area contributed by atoms with Gasteiger partial charge in [-0.1, -0.05) is 11.3 Å². The van der Waals surface area contributed by atoms with Gasteiger partial charge in [0.25, 0.3) is 5.91 Å². The highest BCUT2D eigenvalue weighted by Crippen LogP contribution is 2.05. The lowest BCUT2D eigenvalue weighted by Crippen LogP contribution is -2.23. The SMILES string of the molecule is CN(C)C(=O)c1ccc(NCc2csc(=O)[nH]2)nn1. The Balaban J connectivity index is 1.99. The molecule has 0 fully saturated rings. The van der Waals surface area contributed by atoms with Crippen molar-refractivity contribution in [3.63, 3.8) is 0 Å². The van der Waals surface area contributed by atoms with Gasteiger partial charge in [-0.05, 0) is 12.1 Å². The van der Waals surface area contributed by atoms with Crippen molar-refractivity contribution in [2.75, 3.05) is 19.4 Å². The van der Waals surface area contributed by atoms with E-state index in [0.29, 0.717) is 18.1 Å². The largest absolute Gasteiger partial charge is 0.363 e. The molecule has 2 aromatic rings. The molecule has 0 aliphatic carbocycles. The molecule has 19 heavy (non-hydrogen) atoms. The predicted octanol–water partition coefficient (Wildman–Crippen LogP) is 0.540. The summed E-state index contributed by atoms with van der Waals surface area (Å²) in [6, 6.07) is 3.28. The minimum absolute atomic E-state index is 0.0881. The van der Waals surface area contributed by atoms with Crippen molar-refractivity contribution in [2.24, 2.45) is 0 Å². The maximum absolute atomic E-state index is 11.6. The standard InChI is InChI=1S/C11H13N5O2S/c1-16(2)10(17)8-3-4-9(15-14-8)12-5-7-6-19-11(18)13-7/h3-4,6H,5H2,1-2H3,(H,12,15)(H,13,18). The van der Waals surface area contributed by atoms with Crippen molar-refractivity contribution in [1.82, 2.24) is 20.1 Å². The van der Waals surface area contributed by atoms with Crippen molar-refractivity contribution in [2.45, 2.75) is 6.54 Å². The number of anilines is 1. The highest BCUT2D eigenvalue weighted by atomic mass is 32.1. The molecule has 0 bridgehead atoms. The van der Waals surface area contributed by atoms with Crippen molar-refractivity contribution in [3.8, 4) is 0 Å². The summed E-state index contributed by atoms with van der Waals surface area (Å²) in [5, 5.41) is 12.5. The third kappa shape index (κ3) is 3.38. The summed E-state index contributed by atoms with van der Waals surface area (Å²) in [6.07, 6.45) is 0. The molecule has 0 saturated heterocycles. The van der Waals surface area contributed by atoms with E-state index in [-0.39, 0.29) is 10.8 Å². The number of thiazole rings is 1. The van der Waals surface area contributed by atoms with E-state index in [1.165, 1.54) is 4.90 Å². The molecule has 1 amide bonds. The van der Waals surface area contributed by atoms with E-state index >= 15 is 0 Å². The van der Waals surface area contributed by atoms with E-state index < -0.39 is 0 Å². The lowest BCUT2D eigenvalue weighted by molar-refractivity contribution is 0.0821. The molecule has 0 radical (unpaired) electrons. The van der Waals surface area contributed by atoms with Crippen molar-refractivity contribution < 1.29 is 4.79 Å². The number of H-pyrrole nitrogens is 1. The first-order valence-corrected chi connectivity index (χ1v) is 6.40. The molecule has 0 unspecified atom stereocenters. The number of carbonyl (C=O) groups is 1. The lowest BCUT2D eigenvalue weighted by Gasteiger charge is -2.09. The number of aromatic nitrogens is 3. The van der Waals surface area contributed by atoms with Crippen LogP contribution in [0.15, 0.2) is 22.3 Å². The first-order valence-electron chi connectivity index (χ1n) is 5.52. The van der Waals surface area contributed by atoms with Gasteiger partial charge in [-0.2, -0.15) is 0 Å². The number of nitrogens with one attached hydrogen (secondary N) is 2. The minimum Gasteiger partial charge on any atom is -0.363 e. The summed E-state index contributed by atoms with van der Waals surface area (Å²) in [5.41, 5.74) is 1.07. The number of hydrogen-bond donors (Lipinski definition) is 2. The van der Waals surface area contributed by atoms with Gasteiger partial charge in [0.2, 0.25) is 0 Å². The maximum Gasteiger partial charge on any atom is 0.304 e. The number of rotatable bonds is 4. The zero-order chi connectivity index (χ0) is 13.8. The summed E-state index contributed by atoms with van der Waals surface area (Å²) in [6.45, 7) is 0.453. The molecule has 2 heterocycles. The van der Waals surface area contributed by atoms with Gasteiger partial charge in [0.05, 0.1) is 6.54 Å². The second-order valence-corrected chi connectivity index (χ2v) is 4.87. The van der Waals surface area contributed by atoms with Gasteiger partial charge in [-0.25, -0.2) is 0 Å². The molecule has 0 aromatic carbocycles. The second kappa shape index (κ2) is 5.61. The van der Waals surface area contributed by atoms with Gasteiger partial charge in [-0.3, -0.25) is 9.59 Å². The first-order chi connectivity index (χ1) is 9.06. The Bertz CT molecular complexity index is 617. The summed E-state index contributed by atoms with van der Waals surface area (Å²) in [5.74, 6) is 0.351. The van der Waals surface area contributed by atoms with Crippen molar-refractivity contribution >= 4 is 23.1 Å². The number of hydrogen-bond acceptors (Lipinski definition) is 6. The van der Waals surface area contributed by atoms with Crippen molar-refractivity contribution in [1.29, 1.82) is 0 Å². The normalized spacial score (nSPS) is 10.2. The molecule has 2 N–H and O–H groups in total. The van der Waals surface area contributed by atoms with Crippen LogP contribution >= 0.6 is 11.3 Å². The van der Waals surface area contributed by atoms with E-state index in [0.717, 1.165) is 17.0 Å². The monoisotopic (exact) mass is 279 g/mol. The molecule has 2 rings (SSSR count). The second-order valence-electron chi connectivity index (χ2n) is 4.03. The van der Waals surface area contributed by atoms with E-state index in [9.17, 15) is 9.59 Å². The molecule has 0 saturated carbocycles. The van der Waals surface area contributed by atoms with Crippen LogP contribution in [0.1, 0.15) is 16.2 Å². The van der Waals surface area contributed by atoms with Gasteiger partial charge >= 0.3 is 4.87 Å². The molecule has 0 aliphatic rings. The number of amides is 1. The molecule has 7 nitrogen and oxygen atoms in total. The number of aromatic amines is 1. The number of nitrogens with zero attached hydrogens (tertiary/aromatic N) is 3. The van der Waals surface area contributed by atoms with Crippen LogP contribution in [0.5, 0.6) is 0 Å². The molecule has 0 atom stereocenters. The van der Waals surface area contributed by atoms with E-state index in [2.05, 4.69) is 20.5 Å². The molecule has 8 heteroatoms. The van der Waals surface area contributed by atoms with Crippen LogP contribution in [0.2, 0.25) is 0 Å². The zero-order valence-electron chi connectivity index (χ0n) is 10.5. The molecule has 0 aliphatic heterocycles. The Morgan fingerprint density at radius 3 is 2.74 bits per heavy atom. The Morgan fingerprint density at radius 2 is 2.21 bits per heavy atom. The molecule has 100 valence electrons. The highest BCUT2D eigenvalue weighted by molar-refractivity contribution is 7.07. The summed E-state index contributed by atoms with van der Waals surface area (Å²) < 4.78 is 0. The van der Waals surface area contributed by atoms with Crippen molar-refractivity contribution in [3.05, 3.63) is 38.6 Å². The van der Waals surface area contributed by atoms with Crippen LogP contribution < -0.4 is 10.2 Å². The van der Waals surface area contributed by atoms with Crippen LogP contribution in [0.3, 0.4) is 0 Å². The van der Waals surface area contributed by atoms with E-state index in [1.54, 1.807) is 31.6 Å². The third-order valence-corrected chi connectivity index (χ3v) is 3.04. The Hall–Kier alpha value is -2.22. The quantitative estimate of drug-likeness (QED) is 0.852. The van der Waals surface area contributed by atoms with E-state index in [4.69, 9.17) is 0 Å². The van der Waals surface area contributed by atoms with Crippen LogP contribution in [0.4, 0.5) is 5.82 Å². The molecular formula is C11H13N5O2S. The molecular weight excluding hydrogens is 266 g/mol. The lowest BCUT2D eigenvalue weighted by atomic mass is 10.3. The van der Waals surface area contributed by atoms with Gasteiger partial charge in [-0.15, -0.1) is 10.2 Å².